The van der Waals surface area contributed by atoms with Gasteiger partial charge in [0.25, 0.3) is 0 Å². The fraction of sp³-hybridized carbons (Fsp3) is 0.412. The Morgan fingerprint density at radius 3 is 2.58 bits per heavy atom. The van der Waals surface area contributed by atoms with Crippen molar-refractivity contribution in [1.82, 2.24) is 0 Å². The summed E-state index contributed by atoms with van der Waals surface area (Å²) in [6.45, 7) is 1.67. The Labute approximate surface area is 136 Å². The number of hydrogen-bond acceptors (Lipinski definition) is 4. The summed E-state index contributed by atoms with van der Waals surface area (Å²) in [6, 6.07) is 7.27. The van der Waals surface area contributed by atoms with Crippen LogP contribution in [0.3, 0.4) is 0 Å². The van der Waals surface area contributed by atoms with Crippen molar-refractivity contribution in [1.29, 1.82) is 0 Å². The lowest BCUT2D eigenvalue weighted by atomic mass is 9.97. The smallest absolute Gasteiger partial charge is 0.391 e. The van der Waals surface area contributed by atoms with Crippen molar-refractivity contribution in [2.45, 2.75) is 38.8 Å². The number of fused-ring (bicyclic) bond motifs is 1. The van der Waals surface area contributed by atoms with Gasteiger partial charge in [-0.25, -0.2) is 4.79 Å². The number of hydrogen-bond donors (Lipinski definition) is 0. The van der Waals surface area contributed by atoms with Crippen LogP contribution in [0.5, 0.6) is 5.75 Å². The second-order valence-corrected chi connectivity index (χ2v) is 5.49. The van der Waals surface area contributed by atoms with Crippen LogP contribution in [0, 0.1) is 5.92 Å². The Morgan fingerprint density at radius 2 is 1.92 bits per heavy atom. The van der Waals surface area contributed by atoms with Crippen LogP contribution in [0.1, 0.15) is 32.6 Å². The number of halogens is 3. The molecule has 0 bridgehead atoms. The van der Waals surface area contributed by atoms with E-state index in [1.165, 1.54) is 18.2 Å². The fourth-order valence-corrected chi connectivity index (χ4v) is 2.40. The third-order valence-corrected chi connectivity index (χ3v) is 3.62. The molecule has 0 aliphatic rings. The number of carbonyl (C=O) groups excluding carboxylic acids is 1. The summed E-state index contributed by atoms with van der Waals surface area (Å²) >= 11 is 0. The quantitative estimate of drug-likeness (QED) is 0.442. The first-order valence-corrected chi connectivity index (χ1v) is 7.61. The summed E-state index contributed by atoms with van der Waals surface area (Å²) < 4.78 is 48.4. The maximum Gasteiger partial charge on any atom is 0.391 e. The van der Waals surface area contributed by atoms with E-state index in [1.807, 2.05) is 0 Å². The van der Waals surface area contributed by atoms with Crippen LogP contribution < -0.4 is 10.4 Å². The van der Waals surface area contributed by atoms with E-state index in [1.54, 1.807) is 19.1 Å². The molecular formula is C17H17F3O4. The van der Waals surface area contributed by atoms with E-state index in [0.29, 0.717) is 11.8 Å². The number of ether oxygens (including phenoxy) is 1. The number of esters is 1. The molecule has 1 aromatic heterocycles. The monoisotopic (exact) mass is 342 g/mol. The molecule has 0 saturated heterocycles. The van der Waals surface area contributed by atoms with Crippen molar-refractivity contribution in [2.75, 3.05) is 0 Å². The van der Waals surface area contributed by atoms with Gasteiger partial charge in [-0.15, -0.1) is 0 Å². The Morgan fingerprint density at radius 1 is 1.21 bits per heavy atom. The zero-order chi connectivity index (χ0) is 17.7. The highest BCUT2D eigenvalue weighted by Crippen LogP contribution is 2.33. The predicted octanol–water partition coefficient (Wildman–Crippen LogP) is 4.46. The van der Waals surface area contributed by atoms with Gasteiger partial charge in [-0.2, -0.15) is 13.2 Å². The molecule has 130 valence electrons. The number of benzene rings is 1. The zero-order valence-corrected chi connectivity index (χ0v) is 13.1. The van der Waals surface area contributed by atoms with Gasteiger partial charge in [-0.3, -0.25) is 4.79 Å². The minimum absolute atomic E-state index is 0.0160. The maximum atomic E-state index is 12.8. The second kappa shape index (κ2) is 7.51. The molecule has 2 aromatic rings. The first-order valence-electron chi connectivity index (χ1n) is 7.61. The normalized spacial score (nSPS) is 13.0. The molecule has 1 atom stereocenters. The average molecular weight is 342 g/mol. The van der Waals surface area contributed by atoms with Gasteiger partial charge in [-0.1, -0.05) is 13.3 Å². The topological polar surface area (TPSA) is 56.5 Å². The molecule has 0 spiro atoms. The molecule has 2 rings (SSSR count). The van der Waals surface area contributed by atoms with Crippen LogP contribution in [-0.2, 0) is 4.79 Å². The SMILES string of the molecule is CCCC(CCC(=O)Oc1ccc2ccc(=O)oc2c1)C(F)(F)F. The summed E-state index contributed by atoms with van der Waals surface area (Å²) in [7, 11) is 0. The van der Waals surface area contributed by atoms with Crippen LogP contribution in [0.2, 0.25) is 0 Å². The molecule has 0 aliphatic heterocycles. The highest BCUT2D eigenvalue weighted by atomic mass is 19.4. The summed E-state index contributed by atoms with van der Waals surface area (Å²) in [5.74, 6) is -2.14. The van der Waals surface area contributed by atoms with E-state index >= 15 is 0 Å². The second-order valence-electron chi connectivity index (χ2n) is 5.49. The molecule has 4 nitrogen and oxygen atoms in total. The van der Waals surface area contributed by atoms with Crippen molar-refractivity contribution < 1.29 is 27.1 Å². The summed E-state index contributed by atoms with van der Waals surface area (Å²) in [5, 5.41) is 0.648. The van der Waals surface area contributed by atoms with Crippen molar-refractivity contribution in [3.05, 3.63) is 40.8 Å². The highest BCUT2D eigenvalue weighted by Gasteiger charge is 2.38. The lowest BCUT2D eigenvalue weighted by Gasteiger charge is -2.19. The zero-order valence-electron chi connectivity index (χ0n) is 13.1. The van der Waals surface area contributed by atoms with Crippen LogP contribution in [-0.4, -0.2) is 12.1 Å². The van der Waals surface area contributed by atoms with Gasteiger partial charge in [0.15, 0.2) is 0 Å². The minimum atomic E-state index is -4.32. The first-order chi connectivity index (χ1) is 11.3. The van der Waals surface area contributed by atoms with E-state index in [9.17, 15) is 22.8 Å². The molecule has 1 aromatic carbocycles. The first kappa shape index (κ1) is 18.0. The standard InChI is InChI=1S/C17H17F3O4/c1-2-3-12(17(18,19)20)6-9-15(21)23-13-7-4-11-5-8-16(22)24-14(11)10-13/h4-5,7-8,10,12H,2-3,6,9H2,1H3. The molecule has 1 heterocycles. The third kappa shape index (κ3) is 4.84. The van der Waals surface area contributed by atoms with Crippen LogP contribution in [0.4, 0.5) is 13.2 Å². The van der Waals surface area contributed by atoms with Crippen molar-refractivity contribution in [3.8, 4) is 5.75 Å². The summed E-state index contributed by atoms with van der Waals surface area (Å²) in [4.78, 5) is 22.9. The Hall–Kier alpha value is -2.31. The number of rotatable bonds is 6. The molecule has 0 radical (unpaired) electrons. The lowest BCUT2D eigenvalue weighted by molar-refractivity contribution is -0.179. The van der Waals surface area contributed by atoms with E-state index in [2.05, 4.69) is 0 Å². The largest absolute Gasteiger partial charge is 0.426 e. The maximum absolute atomic E-state index is 12.8. The molecule has 1 unspecified atom stereocenters. The van der Waals surface area contributed by atoms with Gasteiger partial charge < -0.3 is 9.15 Å². The van der Waals surface area contributed by atoms with E-state index < -0.39 is 23.7 Å². The molecule has 7 heteroatoms. The predicted molar refractivity (Wildman–Crippen MR) is 81.8 cm³/mol. The van der Waals surface area contributed by atoms with Gasteiger partial charge in [-0.05, 0) is 31.0 Å². The summed E-state index contributed by atoms with van der Waals surface area (Å²) in [5.41, 5.74) is -0.300. The Balaban J connectivity index is 2.00. The number of carbonyl (C=O) groups is 1. The van der Waals surface area contributed by atoms with Gasteiger partial charge in [0.2, 0.25) is 0 Å². The van der Waals surface area contributed by atoms with Crippen molar-refractivity contribution in [2.24, 2.45) is 5.92 Å². The van der Waals surface area contributed by atoms with Crippen LogP contribution in [0.25, 0.3) is 11.0 Å². The van der Waals surface area contributed by atoms with E-state index in [4.69, 9.17) is 9.15 Å². The summed E-state index contributed by atoms with van der Waals surface area (Å²) in [6.07, 6.45) is -4.58. The fourth-order valence-electron chi connectivity index (χ4n) is 2.40. The molecule has 24 heavy (non-hydrogen) atoms. The van der Waals surface area contributed by atoms with Gasteiger partial charge in [0.05, 0.1) is 5.92 Å². The Bertz CT molecular complexity index is 764. The molecule has 0 amide bonds. The van der Waals surface area contributed by atoms with Gasteiger partial charge in [0.1, 0.15) is 11.3 Å². The minimum Gasteiger partial charge on any atom is -0.426 e. The molecule has 0 N–H and O–H groups in total. The highest BCUT2D eigenvalue weighted by molar-refractivity contribution is 5.79. The van der Waals surface area contributed by atoms with Crippen LogP contribution >= 0.6 is 0 Å². The van der Waals surface area contributed by atoms with Crippen LogP contribution in [0.15, 0.2) is 39.5 Å². The van der Waals surface area contributed by atoms with Crippen molar-refractivity contribution >= 4 is 16.9 Å². The van der Waals surface area contributed by atoms with E-state index in [-0.39, 0.29) is 30.6 Å². The number of alkyl halides is 3. The van der Waals surface area contributed by atoms with Gasteiger partial charge >= 0.3 is 17.8 Å². The molecular weight excluding hydrogens is 325 g/mol. The van der Waals surface area contributed by atoms with E-state index in [0.717, 1.165) is 0 Å². The van der Waals surface area contributed by atoms with Gasteiger partial charge in [0, 0.05) is 23.9 Å². The lowest BCUT2D eigenvalue weighted by Crippen LogP contribution is -2.24. The molecule has 0 aliphatic carbocycles. The average Bonchev–Trinajstić information content (AvgIpc) is 2.49. The third-order valence-electron chi connectivity index (χ3n) is 3.62. The van der Waals surface area contributed by atoms with Crippen molar-refractivity contribution in [3.63, 3.8) is 0 Å². The molecule has 0 fully saturated rings. The molecule has 0 saturated carbocycles. The Kier molecular flexibility index (Phi) is 5.64.